The standard InChI is InChI=1S/C14H23NO15S/c1-3(16)15-5-10(6(17)4(28-13(5)23)2-27-31(24,25)26)29-14-9(20)7(18)8(19)11(30-14)12(21)22/h4-11,13-14,17-20,23H,2H2,1H3,(H,15,16)(H,21,22)(H,24,25,26)/p-2/t4-,5-,6+,7+,8+,9-,10-,11-,13?,14-/m1/s1. The van der Waals surface area contributed by atoms with Crippen LogP contribution < -0.4 is 10.4 Å². The molecule has 2 heterocycles. The van der Waals surface area contributed by atoms with Crippen LogP contribution in [0.15, 0.2) is 0 Å². The molecule has 2 aliphatic heterocycles. The molecule has 2 aliphatic rings. The highest BCUT2D eigenvalue weighted by Crippen LogP contribution is 2.29. The largest absolute Gasteiger partial charge is 0.726 e. The molecule has 31 heavy (non-hydrogen) atoms. The number of carbonyl (C=O) groups excluding carboxylic acids is 2. The van der Waals surface area contributed by atoms with Crippen LogP contribution in [0.1, 0.15) is 6.92 Å². The lowest BCUT2D eigenvalue weighted by molar-refractivity contribution is -0.363. The first-order valence-electron chi connectivity index (χ1n) is 8.68. The van der Waals surface area contributed by atoms with Gasteiger partial charge in [0.1, 0.15) is 48.8 Å². The van der Waals surface area contributed by atoms with Crippen LogP contribution in [0.3, 0.4) is 0 Å². The summed E-state index contributed by atoms with van der Waals surface area (Å²) in [5.41, 5.74) is 0. The van der Waals surface area contributed by atoms with Crippen molar-refractivity contribution in [1.82, 2.24) is 5.32 Å². The zero-order chi connectivity index (χ0) is 23.7. The van der Waals surface area contributed by atoms with Crippen molar-refractivity contribution in [3.8, 4) is 0 Å². The van der Waals surface area contributed by atoms with Crippen molar-refractivity contribution in [2.24, 2.45) is 0 Å². The first kappa shape index (κ1) is 25.7. The fourth-order valence-electron chi connectivity index (χ4n) is 3.08. The predicted molar refractivity (Wildman–Crippen MR) is 86.7 cm³/mol. The van der Waals surface area contributed by atoms with Crippen molar-refractivity contribution in [2.45, 2.75) is 68.3 Å². The molecule has 2 fully saturated rings. The molecule has 2 saturated heterocycles. The summed E-state index contributed by atoms with van der Waals surface area (Å²) in [5.74, 6) is -2.72. The van der Waals surface area contributed by atoms with E-state index in [1.165, 1.54) is 0 Å². The lowest BCUT2D eigenvalue weighted by atomic mass is 9.95. The van der Waals surface area contributed by atoms with E-state index in [-0.39, 0.29) is 0 Å². The predicted octanol–water partition coefficient (Wildman–Crippen LogP) is -7.01. The van der Waals surface area contributed by atoms with Gasteiger partial charge in [0.2, 0.25) is 16.3 Å². The fraction of sp³-hybridized carbons (Fsp3) is 0.857. The number of hydrogen-bond donors (Lipinski definition) is 6. The third-order valence-electron chi connectivity index (χ3n) is 4.53. The molecule has 16 nitrogen and oxygen atoms in total. The topological polar surface area (TPSA) is 264 Å². The second-order valence-corrected chi connectivity index (χ2v) is 7.84. The Morgan fingerprint density at radius 1 is 1.03 bits per heavy atom. The van der Waals surface area contributed by atoms with E-state index < -0.39 is 90.2 Å². The Morgan fingerprint density at radius 2 is 1.65 bits per heavy atom. The number of aliphatic hydroxyl groups is 5. The Morgan fingerprint density at radius 3 is 2.16 bits per heavy atom. The molecule has 0 radical (unpaired) electrons. The van der Waals surface area contributed by atoms with Gasteiger partial charge in [0.05, 0.1) is 12.6 Å². The van der Waals surface area contributed by atoms with Gasteiger partial charge < -0.3 is 59.5 Å². The molecule has 10 atom stereocenters. The Labute approximate surface area is 174 Å². The van der Waals surface area contributed by atoms with E-state index in [0.717, 1.165) is 6.92 Å². The number of carboxylic acids is 1. The van der Waals surface area contributed by atoms with E-state index >= 15 is 0 Å². The van der Waals surface area contributed by atoms with Crippen molar-refractivity contribution in [3.05, 3.63) is 0 Å². The van der Waals surface area contributed by atoms with Gasteiger partial charge in [-0.3, -0.25) is 8.98 Å². The lowest BCUT2D eigenvalue weighted by Crippen LogP contribution is -2.68. The fourth-order valence-corrected chi connectivity index (χ4v) is 3.38. The molecule has 0 saturated carbocycles. The second kappa shape index (κ2) is 9.96. The number of hydrogen-bond acceptors (Lipinski definition) is 15. The van der Waals surface area contributed by atoms with E-state index in [4.69, 9.17) is 14.2 Å². The van der Waals surface area contributed by atoms with Crippen molar-refractivity contribution < 1.29 is 71.6 Å². The summed E-state index contributed by atoms with van der Waals surface area (Å²) in [7, 11) is -5.21. The third kappa shape index (κ3) is 6.26. The van der Waals surface area contributed by atoms with Gasteiger partial charge in [-0.15, -0.1) is 0 Å². The average Bonchev–Trinajstić information content (AvgIpc) is 2.64. The van der Waals surface area contributed by atoms with Gasteiger partial charge in [-0.25, -0.2) is 8.42 Å². The molecule has 1 unspecified atom stereocenters. The van der Waals surface area contributed by atoms with Gasteiger partial charge in [-0.05, 0) is 0 Å². The van der Waals surface area contributed by atoms with E-state index in [0.29, 0.717) is 0 Å². The number of aliphatic carboxylic acids is 1. The summed E-state index contributed by atoms with van der Waals surface area (Å²) >= 11 is 0. The number of carboxylic acid groups (broad SMARTS) is 1. The maximum absolute atomic E-state index is 11.4. The molecule has 0 bridgehead atoms. The van der Waals surface area contributed by atoms with Crippen molar-refractivity contribution in [2.75, 3.05) is 6.61 Å². The minimum atomic E-state index is -5.21. The number of carbonyl (C=O) groups is 2. The average molecular weight is 475 g/mol. The number of amides is 1. The van der Waals surface area contributed by atoms with Gasteiger partial charge in [-0.1, -0.05) is 0 Å². The van der Waals surface area contributed by atoms with Gasteiger partial charge in [-0.2, -0.15) is 0 Å². The van der Waals surface area contributed by atoms with Crippen LogP contribution >= 0.6 is 0 Å². The van der Waals surface area contributed by atoms with Crippen LogP contribution in [0.4, 0.5) is 0 Å². The highest BCUT2D eigenvalue weighted by atomic mass is 32.3. The second-order valence-electron chi connectivity index (χ2n) is 6.79. The smallest absolute Gasteiger partial charge is 0.217 e. The molecule has 2 rings (SSSR count). The summed E-state index contributed by atoms with van der Waals surface area (Å²) in [6.45, 7) is -0.0542. The molecule has 0 aromatic heterocycles. The van der Waals surface area contributed by atoms with Crippen LogP contribution in [0, 0.1) is 0 Å². The summed E-state index contributed by atoms with van der Waals surface area (Å²) in [5, 5.41) is 63.4. The molecule has 1 amide bonds. The number of aliphatic hydroxyl groups excluding tert-OH is 5. The van der Waals surface area contributed by atoms with E-state index in [2.05, 4.69) is 9.50 Å². The maximum Gasteiger partial charge on any atom is 0.217 e. The van der Waals surface area contributed by atoms with Crippen LogP contribution in [0.2, 0.25) is 0 Å². The molecule has 0 aliphatic carbocycles. The molecular weight excluding hydrogens is 454 g/mol. The Hall–Kier alpha value is -1.51. The van der Waals surface area contributed by atoms with Crippen molar-refractivity contribution in [1.29, 1.82) is 0 Å². The summed E-state index contributed by atoms with van der Waals surface area (Å²) in [6.07, 6.45) is -17.8. The van der Waals surface area contributed by atoms with Gasteiger partial charge in [0.15, 0.2) is 12.6 Å². The summed E-state index contributed by atoms with van der Waals surface area (Å²) in [4.78, 5) is 22.5. The molecule has 180 valence electrons. The molecule has 6 N–H and O–H groups in total. The number of nitrogens with one attached hydrogen (secondary N) is 1. The third-order valence-corrected chi connectivity index (χ3v) is 4.96. The normalized spacial score (nSPS) is 41.5. The maximum atomic E-state index is 11.4. The molecule has 0 spiro atoms. The minimum Gasteiger partial charge on any atom is -0.726 e. The molecule has 0 aromatic rings. The van der Waals surface area contributed by atoms with Crippen molar-refractivity contribution in [3.63, 3.8) is 0 Å². The quantitative estimate of drug-likeness (QED) is 0.147. The van der Waals surface area contributed by atoms with Gasteiger partial charge in [0.25, 0.3) is 0 Å². The highest BCUT2D eigenvalue weighted by Gasteiger charge is 2.51. The van der Waals surface area contributed by atoms with E-state index in [9.17, 15) is 53.2 Å². The zero-order valence-corrected chi connectivity index (χ0v) is 16.5. The van der Waals surface area contributed by atoms with Crippen LogP contribution in [-0.4, -0.2) is 118 Å². The summed E-state index contributed by atoms with van der Waals surface area (Å²) < 4.78 is 51.0. The van der Waals surface area contributed by atoms with Crippen LogP contribution in [0.5, 0.6) is 0 Å². The van der Waals surface area contributed by atoms with Crippen molar-refractivity contribution >= 4 is 22.3 Å². The number of ether oxygens (including phenoxy) is 3. The SMILES string of the molecule is CC(=O)N[C@H]1C(O)O[C@H](COS(=O)(=O)[O-])[C@H](O)[C@@H]1O[C@@H]1O[C@@H](C(=O)[O-])[C@@H](O)[C@H](O)[C@H]1O. The number of rotatable bonds is 7. The lowest BCUT2D eigenvalue weighted by Gasteiger charge is -2.46. The van der Waals surface area contributed by atoms with Gasteiger partial charge >= 0.3 is 0 Å². The Bertz CT molecular complexity index is 761. The zero-order valence-electron chi connectivity index (χ0n) is 15.7. The van der Waals surface area contributed by atoms with E-state index in [1.807, 2.05) is 0 Å². The molecular formula is C14H21NO15S-2. The first-order valence-corrected chi connectivity index (χ1v) is 10.0. The van der Waals surface area contributed by atoms with Crippen LogP contribution in [0.25, 0.3) is 0 Å². The highest BCUT2D eigenvalue weighted by molar-refractivity contribution is 7.80. The Balaban J connectivity index is 2.27. The Kier molecular flexibility index (Phi) is 8.27. The van der Waals surface area contributed by atoms with Gasteiger partial charge in [0, 0.05) is 6.92 Å². The minimum absolute atomic E-state index is 0.751. The van der Waals surface area contributed by atoms with Crippen LogP contribution in [-0.2, 0) is 38.4 Å². The molecule has 0 aromatic carbocycles. The van der Waals surface area contributed by atoms with E-state index in [1.54, 1.807) is 0 Å². The monoisotopic (exact) mass is 475 g/mol. The summed E-state index contributed by atoms with van der Waals surface area (Å²) in [6, 6.07) is -1.58. The molecule has 17 heteroatoms. The first-order chi connectivity index (χ1) is 14.2.